The van der Waals surface area contributed by atoms with Gasteiger partial charge in [-0.25, -0.2) is 0 Å². The molecule has 0 aliphatic heterocycles. The molecule has 0 fully saturated rings. The molecule has 0 heterocycles. The van der Waals surface area contributed by atoms with Crippen molar-refractivity contribution in [3.05, 3.63) is 84.4 Å². The molecule has 3 aromatic rings. The van der Waals surface area contributed by atoms with Crippen molar-refractivity contribution in [1.82, 2.24) is 0 Å². The number of rotatable bonds is 5. The van der Waals surface area contributed by atoms with Gasteiger partial charge in [-0.15, -0.1) is 0 Å². The number of para-hydroxylation sites is 1. The number of hydrogen-bond donors (Lipinski definition) is 1. The Bertz CT molecular complexity index is 834. The molecule has 3 aromatic carbocycles. The molecule has 0 unspecified atom stereocenters. The summed E-state index contributed by atoms with van der Waals surface area (Å²) in [5.41, 5.74) is 1.51. The third-order valence-electron chi connectivity index (χ3n) is 3.43. The summed E-state index contributed by atoms with van der Waals surface area (Å²) in [5, 5.41) is 2.95. The molecule has 3 nitrogen and oxygen atoms in total. The van der Waals surface area contributed by atoms with Gasteiger partial charge in [-0.3, -0.25) is 0 Å². The first-order valence-electron chi connectivity index (χ1n) is 7.53. The van der Waals surface area contributed by atoms with Crippen molar-refractivity contribution in [3.8, 4) is 5.75 Å². The second-order valence-electron chi connectivity index (χ2n) is 5.10. The van der Waals surface area contributed by atoms with Gasteiger partial charge in [0.15, 0.2) is 0 Å². The number of anilines is 1. The average molecular weight is 382 g/mol. The molecule has 4 heteroatoms. The molecule has 3 rings (SSSR count). The normalized spacial score (nSPS) is 10.2. The van der Waals surface area contributed by atoms with Crippen LogP contribution in [-0.2, 0) is 0 Å². The van der Waals surface area contributed by atoms with E-state index in [0.29, 0.717) is 5.56 Å². The van der Waals surface area contributed by atoms with Crippen molar-refractivity contribution in [2.24, 2.45) is 0 Å². The molecule has 0 atom stereocenters. The second kappa shape index (κ2) is 7.82. The molecule has 120 valence electrons. The Labute approximate surface area is 147 Å². The van der Waals surface area contributed by atoms with E-state index < -0.39 is 0 Å². The Balaban J connectivity index is 1.83. The minimum atomic E-state index is -0.0819. The van der Waals surface area contributed by atoms with Crippen LogP contribution in [-0.4, -0.2) is 28.0 Å². The van der Waals surface area contributed by atoms with Crippen molar-refractivity contribution in [2.45, 2.75) is 0 Å². The van der Waals surface area contributed by atoms with Crippen molar-refractivity contribution in [2.75, 3.05) is 12.4 Å². The van der Waals surface area contributed by atoms with Gasteiger partial charge in [0.25, 0.3) is 0 Å². The maximum atomic E-state index is 12.6. The molecule has 0 saturated heterocycles. The summed E-state index contributed by atoms with van der Waals surface area (Å²) < 4.78 is 7.50. The number of nitrogens with one attached hydrogen (secondary N) is 1. The summed E-state index contributed by atoms with van der Waals surface area (Å²) in [4.78, 5) is 12.6. The first-order valence-corrected chi connectivity index (χ1v) is 9.25. The molecule has 1 N–H and O–H groups in total. The van der Waals surface area contributed by atoms with E-state index in [2.05, 4.69) is 11.4 Å². The fraction of sp³-hybridized carbons (Fsp3) is 0.0500. The molecule has 1 amide bonds. The van der Waals surface area contributed by atoms with E-state index in [1.807, 2.05) is 72.8 Å². The Morgan fingerprint density at radius 2 is 1.67 bits per heavy atom. The fourth-order valence-electron chi connectivity index (χ4n) is 2.25. The Hall–Kier alpha value is -2.55. The van der Waals surface area contributed by atoms with Crippen molar-refractivity contribution in [3.63, 3.8) is 0 Å². The zero-order valence-corrected chi connectivity index (χ0v) is 14.9. The van der Waals surface area contributed by atoms with Crippen LogP contribution in [0.2, 0.25) is 0 Å². The molecule has 24 heavy (non-hydrogen) atoms. The van der Waals surface area contributed by atoms with Gasteiger partial charge in [-0.1, -0.05) is 0 Å². The molecular weight excluding hydrogens is 365 g/mol. The molecule has 0 bridgehead atoms. The molecule has 0 saturated carbocycles. The first-order chi connectivity index (χ1) is 11.8. The van der Waals surface area contributed by atoms with Crippen LogP contribution in [0.4, 0.5) is 5.69 Å². The number of ether oxygens (including phenoxy) is 1. The molecular formula is C20H17NO2Se. The third kappa shape index (κ3) is 4.05. The number of carbonyl (C=O) groups is 1. The van der Waals surface area contributed by atoms with E-state index in [-0.39, 0.29) is 20.9 Å². The number of benzene rings is 3. The SMILES string of the molecule is COc1cccc([Se]c2ccccc2C(=O)Nc2ccccc2)c1. The maximum absolute atomic E-state index is 12.6. The quantitative estimate of drug-likeness (QED) is 0.689. The van der Waals surface area contributed by atoms with Crippen LogP contribution in [0, 0.1) is 0 Å². The van der Waals surface area contributed by atoms with E-state index in [4.69, 9.17) is 4.74 Å². The predicted octanol–water partition coefficient (Wildman–Crippen LogP) is 2.60. The van der Waals surface area contributed by atoms with Crippen LogP contribution in [0.1, 0.15) is 10.4 Å². The topological polar surface area (TPSA) is 38.3 Å². The fourth-order valence-corrected chi connectivity index (χ4v) is 4.34. The van der Waals surface area contributed by atoms with E-state index in [0.717, 1.165) is 15.9 Å². The Morgan fingerprint density at radius 1 is 0.917 bits per heavy atom. The first kappa shape index (κ1) is 16.3. The van der Waals surface area contributed by atoms with E-state index in [1.54, 1.807) is 7.11 Å². The zero-order valence-electron chi connectivity index (χ0n) is 13.2. The Morgan fingerprint density at radius 3 is 2.46 bits per heavy atom. The number of amides is 1. The van der Waals surface area contributed by atoms with Crippen LogP contribution < -0.4 is 19.0 Å². The molecule has 0 radical (unpaired) electrons. The van der Waals surface area contributed by atoms with Gasteiger partial charge in [0.2, 0.25) is 0 Å². The van der Waals surface area contributed by atoms with Crippen molar-refractivity contribution in [1.29, 1.82) is 0 Å². The summed E-state index contributed by atoms with van der Waals surface area (Å²) in [6.45, 7) is 0. The standard InChI is InChI=1S/C20H17NO2Se/c1-23-16-10-7-11-17(14-16)24-19-13-6-5-12-18(19)20(22)21-15-8-3-2-4-9-15/h2-14H,1H3,(H,21,22). The predicted molar refractivity (Wildman–Crippen MR) is 98.9 cm³/mol. The average Bonchev–Trinajstić information content (AvgIpc) is 2.63. The van der Waals surface area contributed by atoms with Gasteiger partial charge in [0.1, 0.15) is 0 Å². The minimum absolute atomic E-state index is 0.0269. The number of hydrogen-bond acceptors (Lipinski definition) is 2. The Kier molecular flexibility index (Phi) is 5.32. The van der Waals surface area contributed by atoms with Gasteiger partial charge in [-0.05, 0) is 0 Å². The van der Waals surface area contributed by atoms with Gasteiger partial charge >= 0.3 is 148 Å². The summed E-state index contributed by atoms with van der Waals surface area (Å²) in [5.74, 6) is 0.752. The third-order valence-corrected chi connectivity index (χ3v) is 5.67. The summed E-state index contributed by atoms with van der Waals surface area (Å²) >= 11 is 0.0269. The number of methoxy groups -OCH3 is 1. The second-order valence-corrected chi connectivity index (χ2v) is 7.44. The molecule has 0 spiro atoms. The van der Waals surface area contributed by atoms with Crippen molar-refractivity contribution < 1.29 is 9.53 Å². The molecule has 0 aromatic heterocycles. The monoisotopic (exact) mass is 383 g/mol. The van der Waals surface area contributed by atoms with Crippen LogP contribution in [0.5, 0.6) is 5.75 Å². The summed E-state index contributed by atoms with van der Waals surface area (Å²) in [6.07, 6.45) is 0. The van der Waals surface area contributed by atoms with Gasteiger partial charge in [-0.2, -0.15) is 0 Å². The zero-order chi connectivity index (χ0) is 16.8. The van der Waals surface area contributed by atoms with E-state index in [9.17, 15) is 4.79 Å². The number of carbonyl (C=O) groups excluding carboxylic acids is 1. The van der Waals surface area contributed by atoms with Crippen LogP contribution in [0.3, 0.4) is 0 Å². The van der Waals surface area contributed by atoms with E-state index >= 15 is 0 Å². The van der Waals surface area contributed by atoms with Crippen LogP contribution in [0.25, 0.3) is 0 Å². The van der Waals surface area contributed by atoms with Crippen molar-refractivity contribution >= 4 is 35.5 Å². The van der Waals surface area contributed by atoms with Gasteiger partial charge in [0.05, 0.1) is 0 Å². The van der Waals surface area contributed by atoms with E-state index in [1.165, 1.54) is 4.46 Å². The van der Waals surface area contributed by atoms with Gasteiger partial charge in [0, 0.05) is 0 Å². The van der Waals surface area contributed by atoms with Crippen LogP contribution >= 0.6 is 0 Å². The van der Waals surface area contributed by atoms with Crippen LogP contribution in [0.15, 0.2) is 78.9 Å². The molecule has 0 aliphatic carbocycles. The summed E-state index contributed by atoms with van der Waals surface area (Å²) in [7, 11) is 1.66. The van der Waals surface area contributed by atoms with Gasteiger partial charge < -0.3 is 0 Å². The molecule has 0 aliphatic rings. The summed E-state index contributed by atoms with van der Waals surface area (Å²) in [6, 6.07) is 25.2.